The number of aromatic nitrogens is 3. The van der Waals surface area contributed by atoms with Crippen LogP contribution in [0.15, 0.2) is 33.8 Å². The lowest BCUT2D eigenvalue weighted by molar-refractivity contribution is -0.184. The van der Waals surface area contributed by atoms with E-state index in [9.17, 15) is 18.0 Å². The topological polar surface area (TPSA) is 60.9 Å². The second-order valence-electron chi connectivity index (χ2n) is 5.88. The zero-order chi connectivity index (χ0) is 16.4. The first-order valence-corrected chi connectivity index (χ1v) is 7.49. The van der Waals surface area contributed by atoms with Gasteiger partial charge in [0.05, 0.1) is 5.92 Å². The van der Waals surface area contributed by atoms with Crippen molar-refractivity contribution in [3.8, 4) is 11.4 Å². The third kappa shape index (κ3) is 3.46. The van der Waals surface area contributed by atoms with Crippen LogP contribution in [0.3, 0.4) is 0 Å². The molecule has 0 aliphatic heterocycles. The fourth-order valence-electron chi connectivity index (χ4n) is 3.07. The summed E-state index contributed by atoms with van der Waals surface area (Å²) < 4.78 is 44.2. The number of nitrogens with zero attached hydrogens (tertiary/aromatic N) is 3. The van der Waals surface area contributed by atoms with Crippen molar-refractivity contribution in [3.63, 3.8) is 0 Å². The minimum atomic E-state index is -4.12. The van der Waals surface area contributed by atoms with Crippen molar-refractivity contribution < 1.29 is 17.7 Å². The van der Waals surface area contributed by atoms with Gasteiger partial charge in [0.15, 0.2) is 5.82 Å². The van der Waals surface area contributed by atoms with Crippen molar-refractivity contribution in [2.75, 3.05) is 0 Å². The summed E-state index contributed by atoms with van der Waals surface area (Å²) in [6, 6.07) is 3.41. The van der Waals surface area contributed by atoms with Gasteiger partial charge in [-0.2, -0.15) is 13.2 Å². The van der Waals surface area contributed by atoms with E-state index >= 15 is 0 Å². The van der Waals surface area contributed by atoms with Crippen LogP contribution in [0.4, 0.5) is 13.2 Å². The van der Waals surface area contributed by atoms with Gasteiger partial charge in [-0.15, -0.1) is 0 Å². The van der Waals surface area contributed by atoms with Gasteiger partial charge in [0.25, 0.3) is 0 Å². The van der Waals surface area contributed by atoms with Crippen molar-refractivity contribution in [3.05, 3.63) is 35.1 Å². The summed E-state index contributed by atoms with van der Waals surface area (Å²) in [6.07, 6.45) is 0.134. The summed E-state index contributed by atoms with van der Waals surface area (Å²) >= 11 is 0. The normalized spacial score (nSPS) is 22.2. The Kier molecular flexibility index (Phi) is 4.23. The van der Waals surface area contributed by atoms with Crippen LogP contribution in [0.5, 0.6) is 0 Å². The van der Waals surface area contributed by atoms with Gasteiger partial charge in [0, 0.05) is 24.5 Å². The van der Waals surface area contributed by atoms with Crippen molar-refractivity contribution in [1.29, 1.82) is 0 Å². The van der Waals surface area contributed by atoms with Crippen LogP contribution in [0, 0.1) is 11.8 Å². The minimum Gasteiger partial charge on any atom is -0.295 e. The zero-order valence-electron chi connectivity index (χ0n) is 12.3. The highest BCUT2D eigenvalue weighted by molar-refractivity contribution is 5.53. The Labute approximate surface area is 130 Å². The second-order valence-corrected chi connectivity index (χ2v) is 5.88. The van der Waals surface area contributed by atoms with Crippen LogP contribution >= 0.6 is 0 Å². The lowest BCUT2D eigenvalue weighted by Crippen LogP contribution is -2.30. The maximum absolute atomic E-state index is 12.7. The van der Waals surface area contributed by atoms with E-state index in [-0.39, 0.29) is 18.8 Å². The Morgan fingerprint density at radius 1 is 1.17 bits per heavy atom. The van der Waals surface area contributed by atoms with Crippen LogP contribution in [0.25, 0.3) is 11.4 Å². The summed E-state index contributed by atoms with van der Waals surface area (Å²) in [4.78, 5) is 15.8. The summed E-state index contributed by atoms with van der Waals surface area (Å²) in [7, 11) is 0. The number of rotatable bonds is 3. The average molecular weight is 327 g/mol. The molecule has 0 aromatic carbocycles. The fourth-order valence-corrected chi connectivity index (χ4v) is 3.07. The van der Waals surface area contributed by atoms with E-state index in [0.717, 1.165) is 0 Å². The molecular weight excluding hydrogens is 311 g/mol. The number of pyridine rings is 1. The predicted molar refractivity (Wildman–Crippen MR) is 75.5 cm³/mol. The molecule has 1 aliphatic carbocycles. The molecule has 2 heterocycles. The van der Waals surface area contributed by atoms with Gasteiger partial charge in [0.1, 0.15) is 0 Å². The maximum atomic E-state index is 12.7. The van der Waals surface area contributed by atoms with Crippen LogP contribution in [-0.4, -0.2) is 20.9 Å². The Hall–Kier alpha value is -2.12. The molecule has 5 nitrogen and oxygen atoms in total. The quantitative estimate of drug-likeness (QED) is 0.868. The molecule has 2 aromatic heterocycles. The van der Waals surface area contributed by atoms with Gasteiger partial charge >= 0.3 is 11.9 Å². The lowest BCUT2D eigenvalue weighted by Gasteiger charge is -2.29. The molecule has 0 bridgehead atoms. The van der Waals surface area contributed by atoms with Gasteiger partial charge < -0.3 is 0 Å². The zero-order valence-corrected chi connectivity index (χ0v) is 12.3. The molecule has 1 aliphatic rings. The SMILES string of the molecule is O=c1onc(-c2ccncc2)n1CC1CCC(C(F)(F)F)CC1. The molecule has 0 spiro atoms. The molecular formula is C15H16F3N3O2. The van der Waals surface area contributed by atoms with Crippen molar-refractivity contribution in [2.45, 2.75) is 38.4 Å². The Balaban J connectivity index is 1.73. The highest BCUT2D eigenvalue weighted by atomic mass is 19.4. The second kappa shape index (κ2) is 6.17. The van der Waals surface area contributed by atoms with E-state index < -0.39 is 17.9 Å². The third-order valence-electron chi connectivity index (χ3n) is 4.38. The van der Waals surface area contributed by atoms with E-state index in [1.165, 1.54) is 4.57 Å². The maximum Gasteiger partial charge on any atom is 0.441 e. The third-order valence-corrected chi connectivity index (χ3v) is 4.38. The summed E-state index contributed by atoms with van der Waals surface area (Å²) in [5.74, 6) is -1.41. The number of alkyl halides is 3. The van der Waals surface area contributed by atoms with Crippen LogP contribution < -0.4 is 5.76 Å². The van der Waals surface area contributed by atoms with Gasteiger partial charge in [-0.1, -0.05) is 5.16 Å². The molecule has 0 amide bonds. The molecule has 0 radical (unpaired) electrons. The minimum absolute atomic E-state index is 0.0197. The van der Waals surface area contributed by atoms with Crippen molar-refractivity contribution >= 4 is 0 Å². The molecule has 2 aromatic rings. The predicted octanol–water partition coefficient (Wildman–Crippen LogP) is 3.27. The molecule has 8 heteroatoms. The van der Waals surface area contributed by atoms with Crippen molar-refractivity contribution in [2.24, 2.45) is 11.8 Å². The highest BCUT2D eigenvalue weighted by Gasteiger charge is 2.41. The van der Waals surface area contributed by atoms with Gasteiger partial charge in [0.2, 0.25) is 0 Å². The van der Waals surface area contributed by atoms with Crippen molar-refractivity contribution in [1.82, 2.24) is 14.7 Å². The molecule has 23 heavy (non-hydrogen) atoms. The standard InChI is InChI=1S/C15H16F3N3O2/c16-15(17,18)12-3-1-10(2-4-12)9-21-13(20-23-14(21)22)11-5-7-19-8-6-11/h5-8,10,12H,1-4,9H2. The summed E-state index contributed by atoms with van der Waals surface area (Å²) in [5.41, 5.74) is 0.690. The van der Waals surface area contributed by atoms with E-state index in [1.807, 2.05) is 0 Å². The Bertz CT molecular complexity index is 701. The molecule has 0 N–H and O–H groups in total. The van der Waals surface area contributed by atoms with E-state index in [2.05, 4.69) is 10.1 Å². The fraction of sp³-hybridized carbons (Fsp3) is 0.533. The lowest BCUT2D eigenvalue weighted by atomic mass is 9.81. The Morgan fingerprint density at radius 3 is 2.43 bits per heavy atom. The molecule has 0 saturated heterocycles. The van der Waals surface area contributed by atoms with Crippen LogP contribution in [0.1, 0.15) is 25.7 Å². The first-order chi connectivity index (χ1) is 10.9. The van der Waals surface area contributed by atoms with Gasteiger partial charge in [-0.25, -0.2) is 4.79 Å². The van der Waals surface area contributed by atoms with E-state index in [4.69, 9.17) is 4.52 Å². The number of hydrogen-bond acceptors (Lipinski definition) is 4. The first-order valence-electron chi connectivity index (χ1n) is 7.49. The number of hydrogen-bond donors (Lipinski definition) is 0. The first kappa shape index (κ1) is 15.8. The molecule has 0 unspecified atom stereocenters. The Morgan fingerprint density at radius 2 is 1.83 bits per heavy atom. The molecule has 3 rings (SSSR count). The monoisotopic (exact) mass is 327 g/mol. The average Bonchev–Trinajstić information content (AvgIpc) is 2.89. The molecule has 1 fully saturated rings. The number of halogens is 3. The largest absolute Gasteiger partial charge is 0.441 e. The van der Waals surface area contributed by atoms with Gasteiger partial charge in [-0.3, -0.25) is 14.1 Å². The molecule has 0 atom stereocenters. The van der Waals surface area contributed by atoms with Crippen LogP contribution in [-0.2, 0) is 6.54 Å². The van der Waals surface area contributed by atoms with E-state index in [1.54, 1.807) is 24.5 Å². The van der Waals surface area contributed by atoms with Gasteiger partial charge in [-0.05, 0) is 43.7 Å². The van der Waals surface area contributed by atoms with E-state index in [0.29, 0.717) is 30.8 Å². The molecule has 124 valence electrons. The smallest absolute Gasteiger partial charge is 0.295 e. The van der Waals surface area contributed by atoms with Crippen LogP contribution in [0.2, 0.25) is 0 Å². The summed E-state index contributed by atoms with van der Waals surface area (Å²) in [5, 5.41) is 3.77. The summed E-state index contributed by atoms with van der Waals surface area (Å²) in [6.45, 7) is 0.324. The highest BCUT2D eigenvalue weighted by Crippen LogP contribution is 2.40. The molecule has 1 saturated carbocycles.